The largest absolute Gasteiger partial charge is 0.380 e. The van der Waals surface area contributed by atoms with Gasteiger partial charge in [0.15, 0.2) is 11.6 Å². The van der Waals surface area contributed by atoms with Crippen LogP contribution in [-0.2, 0) is 0 Å². The molecule has 0 bridgehead atoms. The minimum absolute atomic E-state index is 0.160. The lowest BCUT2D eigenvalue weighted by Gasteiger charge is -2.05. The number of benzene rings is 2. The standard InChI is InChI=1S/C15H9BrF2N2O/c16-13-10(2-1-3-11(13)18)14-12(15(19)20-21-14)8-4-6-9(17)7-5-8/h1-7H,(H2,19,20). The van der Waals surface area contributed by atoms with Crippen molar-refractivity contribution >= 4 is 21.7 Å². The number of anilines is 1. The average molecular weight is 351 g/mol. The summed E-state index contributed by atoms with van der Waals surface area (Å²) in [6, 6.07) is 10.3. The molecule has 6 heteroatoms. The van der Waals surface area contributed by atoms with Crippen molar-refractivity contribution in [3.8, 4) is 22.5 Å². The molecule has 0 fully saturated rings. The number of nitrogens with two attached hydrogens (primary N) is 1. The molecule has 3 rings (SSSR count). The van der Waals surface area contributed by atoms with Crippen LogP contribution in [0.5, 0.6) is 0 Å². The maximum Gasteiger partial charge on any atom is 0.178 e. The smallest absolute Gasteiger partial charge is 0.178 e. The van der Waals surface area contributed by atoms with Gasteiger partial charge in [0.05, 0.1) is 10.0 Å². The number of nitrogen functional groups attached to an aromatic ring is 1. The quantitative estimate of drug-likeness (QED) is 0.732. The Morgan fingerprint density at radius 1 is 1.05 bits per heavy atom. The highest BCUT2D eigenvalue weighted by Crippen LogP contribution is 2.40. The van der Waals surface area contributed by atoms with Crippen molar-refractivity contribution in [2.75, 3.05) is 5.73 Å². The summed E-state index contributed by atoms with van der Waals surface area (Å²) in [6.07, 6.45) is 0. The van der Waals surface area contributed by atoms with E-state index in [1.807, 2.05) is 0 Å². The van der Waals surface area contributed by atoms with Gasteiger partial charge in [0.25, 0.3) is 0 Å². The van der Waals surface area contributed by atoms with E-state index in [2.05, 4.69) is 21.1 Å². The van der Waals surface area contributed by atoms with Gasteiger partial charge in [-0.2, -0.15) is 0 Å². The second-order valence-corrected chi connectivity index (χ2v) is 5.17. The zero-order valence-electron chi connectivity index (χ0n) is 10.6. The molecule has 0 aliphatic carbocycles. The van der Waals surface area contributed by atoms with Gasteiger partial charge in [-0.05, 0) is 45.8 Å². The van der Waals surface area contributed by atoms with Crippen LogP contribution in [0.2, 0.25) is 0 Å². The van der Waals surface area contributed by atoms with Crippen LogP contribution in [0.4, 0.5) is 14.6 Å². The first-order valence-corrected chi connectivity index (χ1v) is 6.82. The summed E-state index contributed by atoms with van der Waals surface area (Å²) in [6.45, 7) is 0. The molecule has 0 radical (unpaired) electrons. The summed E-state index contributed by atoms with van der Waals surface area (Å²) in [7, 11) is 0. The summed E-state index contributed by atoms with van der Waals surface area (Å²) < 4.78 is 32.2. The second-order valence-electron chi connectivity index (χ2n) is 4.38. The molecular formula is C15H9BrF2N2O. The van der Waals surface area contributed by atoms with E-state index in [1.165, 1.54) is 18.2 Å². The molecule has 0 aliphatic rings. The van der Waals surface area contributed by atoms with Gasteiger partial charge in [-0.1, -0.05) is 23.4 Å². The lowest BCUT2D eigenvalue weighted by Crippen LogP contribution is -1.90. The van der Waals surface area contributed by atoms with Crippen molar-refractivity contribution in [3.05, 3.63) is 58.6 Å². The minimum Gasteiger partial charge on any atom is -0.380 e. The Balaban J connectivity index is 2.22. The third kappa shape index (κ3) is 2.42. The first-order chi connectivity index (χ1) is 10.1. The number of aromatic nitrogens is 1. The van der Waals surface area contributed by atoms with Gasteiger partial charge in [0.1, 0.15) is 11.6 Å². The van der Waals surface area contributed by atoms with Crippen LogP contribution in [-0.4, -0.2) is 5.16 Å². The Kier molecular flexibility index (Phi) is 3.47. The van der Waals surface area contributed by atoms with Gasteiger partial charge in [-0.15, -0.1) is 0 Å². The Morgan fingerprint density at radius 2 is 1.76 bits per heavy atom. The molecular weight excluding hydrogens is 342 g/mol. The molecule has 21 heavy (non-hydrogen) atoms. The van der Waals surface area contributed by atoms with Crippen LogP contribution < -0.4 is 5.73 Å². The fourth-order valence-electron chi connectivity index (χ4n) is 2.06. The molecule has 3 nitrogen and oxygen atoms in total. The first kappa shape index (κ1) is 13.8. The topological polar surface area (TPSA) is 52.0 Å². The highest BCUT2D eigenvalue weighted by molar-refractivity contribution is 9.10. The normalized spacial score (nSPS) is 10.8. The molecule has 0 amide bonds. The molecule has 0 aliphatic heterocycles. The number of nitrogens with zero attached hydrogens (tertiary/aromatic N) is 1. The highest BCUT2D eigenvalue weighted by atomic mass is 79.9. The van der Waals surface area contributed by atoms with E-state index in [9.17, 15) is 8.78 Å². The molecule has 0 unspecified atom stereocenters. The highest BCUT2D eigenvalue weighted by Gasteiger charge is 2.20. The second kappa shape index (κ2) is 5.29. The van der Waals surface area contributed by atoms with Crippen molar-refractivity contribution in [1.82, 2.24) is 5.16 Å². The van der Waals surface area contributed by atoms with Gasteiger partial charge in [0, 0.05) is 5.56 Å². The zero-order chi connectivity index (χ0) is 15.0. The Labute approximate surface area is 127 Å². The molecule has 2 aromatic carbocycles. The maximum atomic E-state index is 13.7. The number of hydrogen-bond donors (Lipinski definition) is 1. The number of rotatable bonds is 2. The molecule has 0 atom stereocenters. The molecule has 2 N–H and O–H groups in total. The van der Waals surface area contributed by atoms with E-state index < -0.39 is 5.82 Å². The lowest BCUT2D eigenvalue weighted by molar-refractivity contribution is 0.435. The molecule has 0 saturated heterocycles. The molecule has 1 heterocycles. The summed E-state index contributed by atoms with van der Waals surface area (Å²) >= 11 is 3.18. The molecule has 3 aromatic rings. The number of hydrogen-bond acceptors (Lipinski definition) is 3. The molecule has 106 valence electrons. The van der Waals surface area contributed by atoms with Gasteiger partial charge in [-0.25, -0.2) is 8.78 Å². The zero-order valence-corrected chi connectivity index (χ0v) is 12.2. The Hall–Kier alpha value is -2.21. The minimum atomic E-state index is -0.424. The lowest BCUT2D eigenvalue weighted by atomic mass is 10.0. The maximum absolute atomic E-state index is 13.7. The molecule has 1 aromatic heterocycles. The van der Waals surface area contributed by atoms with E-state index in [-0.39, 0.29) is 16.1 Å². The SMILES string of the molecule is Nc1noc(-c2cccc(F)c2Br)c1-c1ccc(F)cc1. The predicted octanol–water partition coefficient (Wildman–Crippen LogP) is 4.63. The van der Waals surface area contributed by atoms with Crippen molar-refractivity contribution in [2.24, 2.45) is 0 Å². The summed E-state index contributed by atoms with van der Waals surface area (Å²) in [5.74, 6) is -0.298. The summed E-state index contributed by atoms with van der Waals surface area (Å²) in [5.41, 5.74) is 7.46. The van der Waals surface area contributed by atoms with E-state index in [0.29, 0.717) is 22.5 Å². The van der Waals surface area contributed by atoms with Crippen LogP contribution >= 0.6 is 15.9 Å². The van der Waals surface area contributed by atoms with Crippen LogP contribution in [0, 0.1) is 11.6 Å². The number of halogens is 3. The molecule has 0 spiro atoms. The summed E-state index contributed by atoms with van der Waals surface area (Å²) in [5, 5.41) is 3.73. The first-order valence-electron chi connectivity index (χ1n) is 6.03. The fraction of sp³-hybridized carbons (Fsp3) is 0. The molecule has 0 saturated carbocycles. The third-order valence-electron chi connectivity index (χ3n) is 3.05. The van der Waals surface area contributed by atoms with E-state index in [1.54, 1.807) is 24.3 Å². The average Bonchev–Trinajstić information content (AvgIpc) is 2.85. The van der Waals surface area contributed by atoms with Gasteiger partial charge >= 0.3 is 0 Å². The monoisotopic (exact) mass is 350 g/mol. The van der Waals surface area contributed by atoms with Gasteiger partial charge < -0.3 is 10.3 Å². The van der Waals surface area contributed by atoms with Crippen molar-refractivity contribution in [3.63, 3.8) is 0 Å². The van der Waals surface area contributed by atoms with Gasteiger partial charge in [-0.3, -0.25) is 0 Å². The van der Waals surface area contributed by atoms with Crippen LogP contribution in [0.3, 0.4) is 0 Å². The van der Waals surface area contributed by atoms with Crippen LogP contribution in [0.1, 0.15) is 0 Å². The van der Waals surface area contributed by atoms with E-state index >= 15 is 0 Å². The van der Waals surface area contributed by atoms with Crippen LogP contribution in [0.15, 0.2) is 51.5 Å². The van der Waals surface area contributed by atoms with Crippen molar-refractivity contribution in [1.29, 1.82) is 0 Å². The van der Waals surface area contributed by atoms with Gasteiger partial charge in [0.2, 0.25) is 0 Å². The van der Waals surface area contributed by atoms with E-state index in [0.717, 1.165) is 0 Å². The van der Waals surface area contributed by atoms with Crippen molar-refractivity contribution in [2.45, 2.75) is 0 Å². The Bertz CT molecular complexity index is 800. The third-order valence-corrected chi connectivity index (χ3v) is 3.85. The fourth-order valence-corrected chi connectivity index (χ4v) is 2.51. The van der Waals surface area contributed by atoms with Crippen molar-refractivity contribution < 1.29 is 13.3 Å². The summed E-state index contributed by atoms with van der Waals surface area (Å²) in [4.78, 5) is 0. The Morgan fingerprint density at radius 3 is 2.48 bits per heavy atom. The predicted molar refractivity (Wildman–Crippen MR) is 79.4 cm³/mol. The van der Waals surface area contributed by atoms with Crippen LogP contribution in [0.25, 0.3) is 22.5 Å². The van der Waals surface area contributed by atoms with E-state index in [4.69, 9.17) is 10.3 Å².